The molecular weight excluding hydrogens is 325 g/mol. The quantitative estimate of drug-likeness (QED) is 0.466. The Morgan fingerprint density at radius 3 is 2.86 bits per heavy atom. The van der Waals surface area contributed by atoms with Crippen LogP contribution in [0.2, 0.25) is 5.02 Å². The summed E-state index contributed by atoms with van der Waals surface area (Å²) in [5.41, 5.74) is 2.10. The van der Waals surface area contributed by atoms with Crippen LogP contribution in [-0.4, -0.2) is 11.6 Å². The maximum Gasteiger partial charge on any atom is 0.119 e. The van der Waals surface area contributed by atoms with Crippen LogP contribution in [0.3, 0.4) is 0 Å². The molecule has 0 N–H and O–H groups in total. The first-order valence-corrected chi connectivity index (χ1v) is 8.92. The van der Waals surface area contributed by atoms with Gasteiger partial charge in [-0.05, 0) is 49.4 Å². The first kappa shape index (κ1) is 16.6. The van der Waals surface area contributed by atoms with E-state index in [0.29, 0.717) is 5.88 Å². The summed E-state index contributed by atoms with van der Waals surface area (Å²) < 4.78 is 5.77. The van der Waals surface area contributed by atoms with Gasteiger partial charge in [0.1, 0.15) is 5.75 Å². The zero-order valence-electron chi connectivity index (χ0n) is 12.1. The zero-order valence-corrected chi connectivity index (χ0v) is 14.4. The van der Waals surface area contributed by atoms with Crippen molar-refractivity contribution in [1.29, 1.82) is 0 Å². The number of halogens is 2. The lowest BCUT2D eigenvalue weighted by molar-refractivity contribution is 0.306. The van der Waals surface area contributed by atoms with Gasteiger partial charge in [-0.25, -0.2) is 4.98 Å². The van der Waals surface area contributed by atoms with E-state index in [2.05, 4.69) is 11.9 Å². The summed E-state index contributed by atoms with van der Waals surface area (Å²) >= 11 is 13.5. The van der Waals surface area contributed by atoms with Gasteiger partial charge in [-0.2, -0.15) is 0 Å². The van der Waals surface area contributed by atoms with Crippen LogP contribution >= 0.6 is 34.5 Å². The van der Waals surface area contributed by atoms with E-state index in [1.54, 1.807) is 11.3 Å². The minimum Gasteiger partial charge on any atom is -0.494 e. The molecule has 2 nitrogen and oxygen atoms in total. The smallest absolute Gasteiger partial charge is 0.119 e. The lowest BCUT2D eigenvalue weighted by Gasteiger charge is -2.08. The summed E-state index contributed by atoms with van der Waals surface area (Å²) in [6, 6.07) is 5.85. The van der Waals surface area contributed by atoms with Crippen LogP contribution < -0.4 is 4.74 Å². The molecule has 0 aliphatic heterocycles. The number of hydrogen-bond donors (Lipinski definition) is 0. The second-order valence-corrected chi connectivity index (χ2v) is 6.40. The van der Waals surface area contributed by atoms with E-state index in [9.17, 15) is 0 Å². The summed E-state index contributed by atoms with van der Waals surface area (Å²) in [5.74, 6) is 1.39. The van der Waals surface area contributed by atoms with Gasteiger partial charge in [-0.3, -0.25) is 0 Å². The Labute approximate surface area is 140 Å². The van der Waals surface area contributed by atoms with Crippen molar-refractivity contribution in [2.45, 2.75) is 38.5 Å². The largest absolute Gasteiger partial charge is 0.494 e. The highest BCUT2D eigenvalue weighted by Crippen LogP contribution is 2.22. The van der Waals surface area contributed by atoms with Gasteiger partial charge in [0.25, 0.3) is 0 Å². The first-order chi connectivity index (χ1) is 10.2. The molecule has 0 unspecified atom stereocenters. The van der Waals surface area contributed by atoms with Gasteiger partial charge in [0.05, 0.1) is 23.2 Å². The number of aromatic nitrogens is 1. The predicted octanol–water partition coefficient (Wildman–Crippen LogP) is 5.50. The molecule has 114 valence electrons. The fourth-order valence-corrected chi connectivity index (χ4v) is 3.33. The molecule has 2 rings (SSSR count). The predicted molar refractivity (Wildman–Crippen MR) is 90.9 cm³/mol. The Morgan fingerprint density at radius 1 is 1.29 bits per heavy atom. The van der Waals surface area contributed by atoms with Crippen molar-refractivity contribution >= 4 is 34.5 Å². The molecule has 1 aromatic heterocycles. The molecule has 2 aromatic rings. The van der Waals surface area contributed by atoms with Crippen molar-refractivity contribution in [2.75, 3.05) is 6.61 Å². The van der Waals surface area contributed by atoms with Crippen LogP contribution in [0.1, 0.15) is 36.0 Å². The summed E-state index contributed by atoms with van der Waals surface area (Å²) in [6.45, 7) is 2.81. The number of unbranched alkanes of at least 4 members (excludes halogenated alkanes) is 1. The summed E-state index contributed by atoms with van der Waals surface area (Å²) in [5, 5.41) is 3.99. The molecule has 0 saturated heterocycles. The van der Waals surface area contributed by atoms with E-state index in [-0.39, 0.29) is 0 Å². The highest BCUT2D eigenvalue weighted by atomic mass is 35.5. The Balaban J connectivity index is 1.70. The highest BCUT2D eigenvalue weighted by molar-refractivity contribution is 7.09. The molecule has 0 spiro atoms. The van der Waals surface area contributed by atoms with Crippen LogP contribution in [0.5, 0.6) is 5.75 Å². The topological polar surface area (TPSA) is 22.1 Å². The Bertz CT molecular complexity index is 571. The molecule has 1 aromatic carbocycles. The number of aryl methyl sites for hydroxylation is 2. The van der Waals surface area contributed by atoms with E-state index in [1.165, 1.54) is 0 Å². The molecule has 0 amide bonds. The molecule has 0 radical (unpaired) electrons. The molecule has 0 saturated carbocycles. The molecule has 0 fully saturated rings. The van der Waals surface area contributed by atoms with Crippen LogP contribution in [0.25, 0.3) is 0 Å². The van der Waals surface area contributed by atoms with Crippen LogP contribution in [0, 0.1) is 0 Å². The van der Waals surface area contributed by atoms with Crippen LogP contribution in [0.15, 0.2) is 23.6 Å². The van der Waals surface area contributed by atoms with Crippen molar-refractivity contribution < 1.29 is 4.74 Å². The van der Waals surface area contributed by atoms with E-state index in [0.717, 1.165) is 59.3 Å². The highest BCUT2D eigenvalue weighted by Gasteiger charge is 2.03. The molecule has 0 atom stereocenters. The van der Waals surface area contributed by atoms with E-state index < -0.39 is 0 Å². The van der Waals surface area contributed by atoms with Gasteiger partial charge in [0.15, 0.2) is 0 Å². The Hall–Kier alpha value is -0.770. The molecule has 0 aliphatic rings. The number of ether oxygens (including phenoxy) is 1. The van der Waals surface area contributed by atoms with Crippen molar-refractivity contribution in [3.05, 3.63) is 44.9 Å². The van der Waals surface area contributed by atoms with Gasteiger partial charge < -0.3 is 4.74 Å². The van der Waals surface area contributed by atoms with E-state index >= 15 is 0 Å². The maximum atomic E-state index is 6.09. The van der Waals surface area contributed by atoms with Crippen molar-refractivity contribution in [3.8, 4) is 5.75 Å². The third-order valence-electron chi connectivity index (χ3n) is 3.19. The van der Waals surface area contributed by atoms with Gasteiger partial charge in [-0.1, -0.05) is 18.5 Å². The van der Waals surface area contributed by atoms with Gasteiger partial charge in [0.2, 0.25) is 0 Å². The van der Waals surface area contributed by atoms with E-state index in [1.807, 2.05) is 23.6 Å². The number of benzene rings is 1. The monoisotopic (exact) mass is 343 g/mol. The molecule has 5 heteroatoms. The third kappa shape index (κ3) is 5.17. The Morgan fingerprint density at radius 2 is 2.14 bits per heavy atom. The second-order valence-electron chi connectivity index (χ2n) is 4.78. The summed E-state index contributed by atoms with van der Waals surface area (Å²) in [6.07, 6.45) is 4.00. The van der Waals surface area contributed by atoms with Crippen LogP contribution in [0.4, 0.5) is 0 Å². The van der Waals surface area contributed by atoms with Crippen molar-refractivity contribution in [2.24, 2.45) is 0 Å². The third-order valence-corrected chi connectivity index (χ3v) is 4.79. The standard InChI is InChI=1S/C16H19Cl2NOS/c1-2-12-9-14(6-7-15(12)18)20-8-4-3-5-16-19-13(10-17)11-21-16/h6-7,9,11H,2-5,8,10H2,1H3. The fourth-order valence-electron chi connectivity index (χ4n) is 2.01. The molecule has 1 heterocycles. The molecule has 0 bridgehead atoms. The summed E-state index contributed by atoms with van der Waals surface area (Å²) in [4.78, 5) is 4.45. The van der Waals surface area contributed by atoms with E-state index in [4.69, 9.17) is 27.9 Å². The average Bonchev–Trinajstić information content (AvgIpc) is 2.96. The van der Waals surface area contributed by atoms with Gasteiger partial charge >= 0.3 is 0 Å². The minimum absolute atomic E-state index is 0.496. The average molecular weight is 344 g/mol. The number of nitrogens with zero attached hydrogens (tertiary/aromatic N) is 1. The number of hydrogen-bond acceptors (Lipinski definition) is 3. The maximum absolute atomic E-state index is 6.09. The molecular formula is C16H19Cl2NOS. The minimum atomic E-state index is 0.496. The number of thiazole rings is 1. The first-order valence-electron chi connectivity index (χ1n) is 7.13. The molecule has 21 heavy (non-hydrogen) atoms. The zero-order chi connectivity index (χ0) is 15.1. The Kier molecular flexibility index (Phi) is 6.81. The normalized spacial score (nSPS) is 10.8. The fraction of sp³-hybridized carbons (Fsp3) is 0.438. The molecule has 0 aliphatic carbocycles. The van der Waals surface area contributed by atoms with Crippen LogP contribution in [-0.2, 0) is 18.7 Å². The van der Waals surface area contributed by atoms with Crippen molar-refractivity contribution in [3.63, 3.8) is 0 Å². The summed E-state index contributed by atoms with van der Waals surface area (Å²) in [7, 11) is 0. The lowest BCUT2D eigenvalue weighted by Crippen LogP contribution is -1.99. The second kappa shape index (κ2) is 8.62. The van der Waals surface area contributed by atoms with Crippen molar-refractivity contribution in [1.82, 2.24) is 4.98 Å². The van der Waals surface area contributed by atoms with Gasteiger partial charge in [-0.15, -0.1) is 22.9 Å². The van der Waals surface area contributed by atoms with Gasteiger partial charge in [0, 0.05) is 10.4 Å². The number of rotatable bonds is 8. The lowest BCUT2D eigenvalue weighted by atomic mass is 10.1. The number of alkyl halides is 1. The SMILES string of the molecule is CCc1cc(OCCCCc2nc(CCl)cs2)ccc1Cl.